The number of pyridine rings is 1. The maximum Gasteiger partial charge on any atom is 0.274 e. The van der Waals surface area contributed by atoms with Crippen LogP contribution in [0.1, 0.15) is 33.3 Å². The summed E-state index contributed by atoms with van der Waals surface area (Å²) in [6.45, 7) is 2.46. The Morgan fingerprint density at radius 1 is 1.03 bits per heavy atom. The van der Waals surface area contributed by atoms with Gasteiger partial charge in [-0.1, -0.05) is 12.1 Å². The Morgan fingerprint density at radius 2 is 1.79 bits per heavy atom. The Morgan fingerprint density at radius 3 is 2.52 bits per heavy atom. The summed E-state index contributed by atoms with van der Waals surface area (Å²) >= 11 is 0. The lowest BCUT2D eigenvalue weighted by atomic mass is 10.1. The number of anilines is 2. The Bertz CT molecular complexity index is 1070. The van der Waals surface area contributed by atoms with Crippen LogP contribution in [0.25, 0.3) is 0 Å². The molecule has 1 aromatic heterocycles. The average molecular weight is 386 g/mol. The van der Waals surface area contributed by atoms with Gasteiger partial charge in [0.15, 0.2) is 0 Å². The van der Waals surface area contributed by atoms with Crippen molar-refractivity contribution < 1.29 is 14.3 Å². The van der Waals surface area contributed by atoms with E-state index in [4.69, 9.17) is 10.00 Å². The van der Waals surface area contributed by atoms with Gasteiger partial charge in [-0.3, -0.25) is 14.6 Å². The second kappa shape index (κ2) is 9.15. The molecule has 3 rings (SSSR count). The summed E-state index contributed by atoms with van der Waals surface area (Å²) in [6, 6.07) is 18.6. The topological polar surface area (TPSA) is 104 Å². The standard InChI is InChI=1S/C22H18N4O3/c1-2-29-18-9-7-17(8-10-18)25-21(27)15-11-12-24-20(13-15)22(28)26-19-6-4-3-5-16(19)14-23/h3-13H,2H2,1H3,(H,25,27)(H,26,28). The third-order valence-corrected chi connectivity index (χ3v) is 3.97. The minimum absolute atomic E-state index is 0.0667. The van der Waals surface area contributed by atoms with Crippen molar-refractivity contribution in [1.82, 2.24) is 4.98 Å². The van der Waals surface area contributed by atoms with Gasteiger partial charge in [-0.15, -0.1) is 0 Å². The van der Waals surface area contributed by atoms with Crippen LogP contribution >= 0.6 is 0 Å². The fraction of sp³-hybridized carbons (Fsp3) is 0.0909. The Kier molecular flexibility index (Phi) is 6.18. The number of nitriles is 1. The van der Waals surface area contributed by atoms with E-state index in [0.717, 1.165) is 0 Å². The van der Waals surface area contributed by atoms with E-state index in [2.05, 4.69) is 15.6 Å². The molecule has 2 N–H and O–H groups in total. The minimum Gasteiger partial charge on any atom is -0.494 e. The van der Waals surface area contributed by atoms with Crippen molar-refractivity contribution in [3.8, 4) is 11.8 Å². The molecular weight excluding hydrogens is 368 g/mol. The van der Waals surface area contributed by atoms with Gasteiger partial charge in [0.05, 0.1) is 17.9 Å². The summed E-state index contributed by atoms with van der Waals surface area (Å²) < 4.78 is 5.37. The molecule has 0 aliphatic heterocycles. The van der Waals surface area contributed by atoms with Crippen molar-refractivity contribution in [2.24, 2.45) is 0 Å². The molecule has 0 unspecified atom stereocenters. The van der Waals surface area contributed by atoms with Gasteiger partial charge in [-0.2, -0.15) is 5.26 Å². The lowest BCUT2D eigenvalue weighted by molar-refractivity contribution is 0.102. The van der Waals surface area contributed by atoms with Crippen LogP contribution in [-0.4, -0.2) is 23.4 Å². The van der Waals surface area contributed by atoms with E-state index in [1.54, 1.807) is 48.5 Å². The van der Waals surface area contributed by atoms with E-state index in [1.807, 2.05) is 13.0 Å². The molecule has 0 aliphatic carbocycles. The first kappa shape index (κ1) is 19.6. The number of hydrogen-bond acceptors (Lipinski definition) is 5. The molecule has 0 spiro atoms. The average Bonchev–Trinajstić information content (AvgIpc) is 2.75. The van der Waals surface area contributed by atoms with Crippen LogP contribution < -0.4 is 15.4 Å². The Balaban J connectivity index is 1.72. The van der Waals surface area contributed by atoms with E-state index in [0.29, 0.717) is 29.3 Å². The number of hydrogen-bond donors (Lipinski definition) is 2. The van der Waals surface area contributed by atoms with Crippen LogP contribution in [0.3, 0.4) is 0 Å². The molecule has 0 saturated carbocycles. The van der Waals surface area contributed by atoms with Crippen LogP contribution in [0.5, 0.6) is 5.75 Å². The van der Waals surface area contributed by atoms with Crippen LogP contribution in [0, 0.1) is 11.3 Å². The quantitative estimate of drug-likeness (QED) is 0.669. The zero-order chi connectivity index (χ0) is 20.6. The van der Waals surface area contributed by atoms with Gasteiger partial charge in [-0.05, 0) is 55.5 Å². The van der Waals surface area contributed by atoms with Crippen molar-refractivity contribution in [2.75, 3.05) is 17.2 Å². The van der Waals surface area contributed by atoms with Crippen molar-refractivity contribution in [1.29, 1.82) is 5.26 Å². The lowest BCUT2D eigenvalue weighted by Gasteiger charge is -2.09. The second-order valence-electron chi connectivity index (χ2n) is 5.95. The van der Waals surface area contributed by atoms with E-state index in [9.17, 15) is 9.59 Å². The number of ether oxygens (including phenoxy) is 1. The number of amides is 2. The summed E-state index contributed by atoms with van der Waals surface area (Å²) in [4.78, 5) is 29.0. The third-order valence-electron chi connectivity index (χ3n) is 3.97. The number of carbonyl (C=O) groups is 2. The summed E-state index contributed by atoms with van der Waals surface area (Å²) in [7, 11) is 0. The maximum atomic E-state index is 12.5. The van der Waals surface area contributed by atoms with Crippen molar-refractivity contribution >= 4 is 23.2 Å². The summed E-state index contributed by atoms with van der Waals surface area (Å²) in [6.07, 6.45) is 1.39. The molecule has 0 aliphatic rings. The highest BCUT2D eigenvalue weighted by molar-refractivity contribution is 6.08. The lowest BCUT2D eigenvalue weighted by Crippen LogP contribution is -2.17. The third kappa shape index (κ3) is 4.96. The fourth-order valence-corrected chi connectivity index (χ4v) is 2.58. The SMILES string of the molecule is CCOc1ccc(NC(=O)c2ccnc(C(=O)Nc3ccccc3C#N)c2)cc1. The molecule has 0 bridgehead atoms. The summed E-state index contributed by atoms with van der Waals surface area (Å²) in [5, 5.41) is 14.5. The number of aromatic nitrogens is 1. The molecule has 2 amide bonds. The van der Waals surface area contributed by atoms with Gasteiger partial charge in [0.2, 0.25) is 0 Å². The number of para-hydroxylation sites is 1. The Hall–Kier alpha value is -4.18. The Labute approximate surface area is 168 Å². The zero-order valence-electron chi connectivity index (χ0n) is 15.7. The van der Waals surface area contributed by atoms with Gasteiger partial charge in [0, 0.05) is 17.4 Å². The molecule has 3 aromatic rings. The van der Waals surface area contributed by atoms with Crippen molar-refractivity contribution in [2.45, 2.75) is 6.92 Å². The predicted octanol–water partition coefficient (Wildman–Crippen LogP) is 3.86. The molecule has 0 radical (unpaired) electrons. The van der Waals surface area contributed by atoms with Gasteiger partial charge in [-0.25, -0.2) is 0 Å². The molecular formula is C22H18N4O3. The number of rotatable bonds is 6. The van der Waals surface area contributed by atoms with Crippen LogP contribution in [0.2, 0.25) is 0 Å². The molecule has 144 valence electrons. The second-order valence-corrected chi connectivity index (χ2v) is 5.95. The summed E-state index contributed by atoms with van der Waals surface area (Å²) in [5.74, 6) is -0.169. The van der Waals surface area contributed by atoms with Crippen molar-refractivity contribution in [3.63, 3.8) is 0 Å². The normalized spacial score (nSPS) is 9.93. The summed E-state index contributed by atoms with van der Waals surface area (Å²) in [5.41, 5.74) is 1.67. The molecule has 7 nitrogen and oxygen atoms in total. The molecule has 0 fully saturated rings. The van der Waals surface area contributed by atoms with E-state index in [-0.39, 0.29) is 17.2 Å². The van der Waals surface area contributed by atoms with E-state index < -0.39 is 5.91 Å². The molecule has 1 heterocycles. The monoisotopic (exact) mass is 386 g/mol. The number of benzene rings is 2. The predicted molar refractivity (Wildman–Crippen MR) is 109 cm³/mol. The van der Waals surface area contributed by atoms with E-state index in [1.165, 1.54) is 18.3 Å². The minimum atomic E-state index is -0.511. The van der Waals surface area contributed by atoms with Gasteiger partial charge in [0.1, 0.15) is 17.5 Å². The van der Waals surface area contributed by atoms with Gasteiger partial charge >= 0.3 is 0 Å². The first-order valence-corrected chi connectivity index (χ1v) is 8.91. The van der Waals surface area contributed by atoms with Gasteiger partial charge < -0.3 is 15.4 Å². The number of nitrogens with zero attached hydrogens (tertiary/aromatic N) is 2. The molecule has 2 aromatic carbocycles. The molecule has 0 atom stereocenters. The number of carbonyl (C=O) groups excluding carboxylic acids is 2. The fourth-order valence-electron chi connectivity index (χ4n) is 2.58. The van der Waals surface area contributed by atoms with Crippen LogP contribution in [-0.2, 0) is 0 Å². The van der Waals surface area contributed by atoms with E-state index >= 15 is 0 Å². The first-order chi connectivity index (χ1) is 14.1. The molecule has 7 heteroatoms. The first-order valence-electron chi connectivity index (χ1n) is 8.91. The highest BCUT2D eigenvalue weighted by Gasteiger charge is 2.14. The smallest absolute Gasteiger partial charge is 0.274 e. The van der Waals surface area contributed by atoms with Crippen LogP contribution in [0.4, 0.5) is 11.4 Å². The highest BCUT2D eigenvalue weighted by atomic mass is 16.5. The molecule has 29 heavy (non-hydrogen) atoms. The number of nitrogens with one attached hydrogen (secondary N) is 2. The largest absolute Gasteiger partial charge is 0.494 e. The highest BCUT2D eigenvalue weighted by Crippen LogP contribution is 2.17. The van der Waals surface area contributed by atoms with Crippen LogP contribution in [0.15, 0.2) is 66.9 Å². The maximum absolute atomic E-state index is 12.5. The van der Waals surface area contributed by atoms with Crippen molar-refractivity contribution in [3.05, 3.63) is 83.7 Å². The molecule has 0 saturated heterocycles. The zero-order valence-corrected chi connectivity index (χ0v) is 15.7. The van der Waals surface area contributed by atoms with Gasteiger partial charge in [0.25, 0.3) is 11.8 Å².